The van der Waals surface area contributed by atoms with Gasteiger partial charge >= 0.3 is 0 Å². The van der Waals surface area contributed by atoms with Gasteiger partial charge in [-0.05, 0) is 38.1 Å². The molecule has 136 valence electrons. The van der Waals surface area contributed by atoms with Crippen LogP contribution in [0.5, 0.6) is 0 Å². The maximum absolute atomic E-state index is 12.3. The molecule has 2 rings (SSSR count). The highest BCUT2D eigenvalue weighted by molar-refractivity contribution is 7.89. The number of aromatic nitrogens is 2. The Labute approximate surface area is 147 Å². The molecule has 0 unspecified atom stereocenters. The van der Waals surface area contributed by atoms with E-state index in [9.17, 15) is 13.2 Å². The van der Waals surface area contributed by atoms with Crippen molar-refractivity contribution in [1.82, 2.24) is 20.2 Å². The first kappa shape index (κ1) is 19.1. The summed E-state index contributed by atoms with van der Waals surface area (Å²) in [4.78, 5) is 16.1. The Bertz CT molecular complexity index is 813. The molecule has 8 nitrogen and oxygen atoms in total. The van der Waals surface area contributed by atoms with Gasteiger partial charge in [-0.2, -0.15) is 4.98 Å². The average molecular weight is 366 g/mol. The van der Waals surface area contributed by atoms with E-state index in [-0.39, 0.29) is 23.4 Å². The second-order valence-electron chi connectivity index (χ2n) is 5.76. The molecule has 1 aromatic carbocycles. The van der Waals surface area contributed by atoms with E-state index in [4.69, 9.17) is 4.52 Å². The van der Waals surface area contributed by atoms with Crippen molar-refractivity contribution in [3.05, 3.63) is 41.5 Å². The third kappa shape index (κ3) is 5.36. The summed E-state index contributed by atoms with van der Waals surface area (Å²) in [6, 6.07) is 5.78. The normalized spacial score (nSPS) is 11.7. The summed E-state index contributed by atoms with van der Waals surface area (Å²) in [5.41, 5.74) is 0.408. The standard InChI is InChI=1S/C16H22N4O4S/c1-4-14-19-15(24-20-14)9-10-17-25(22,23)13-7-5-12(6-8-13)16(21)18-11(2)3/h5-8,11,17H,4,9-10H2,1-3H3,(H,18,21). The van der Waals surface area contributed by atoms with Crippen molar-refractivity contribution >= 4 is 15.9 Å². The van der Waals surface area contributed by atoms with Gasteiger partial charge in [-0.15, -0.1) is 0 Å². The molecular formula is C16H22N4O4S. The Hall–Kier alpha value is -2.26. The van der Waals surface area contributed by atoms with Gasteiger partial charge < -0.3 is 9.84 Å². The van der Waals surface area contributed by atoms with Crippen molar-refractivity contribution in [3.8, 4) is 0 Å². The number of amides is 1. The van der Waals surface area contributed by atoms with E-state index in [1.165, 1.54) is 24.3 Å². The van der Waals surface area contributed by atoms with Gasteiger partial charge in [0.2, 0.25) is 15.9 Å². The van der Waals surface area contributed by atoms with Crippen molar-refractivity contribution in [3.63, 3.8) is 0 Å². The van der Waals surface area contributed by atoms with Gasteiger partial charge in [0.25, 0.3) is 5.91 Å². The van der Waals surface area contributed by atoms with Gasteiger partial charge in [0.15, 0.2) is 5.82 Å². The van der Waals surface area contributed by atoms with Crippen LogP contribution in [-0.2, 0) is 22.9 Å². The first-order chi connectivity index (χ1) is 11.8. The van der Waals surface area contributed by atoms with Gasteiger partial charge in [0, 0.05) is 31.0 Å². The van der Waals surface area contributed by atoms with Gasteiger partial charge in [0.05, 0.1) is 4.90 Å². The lowest BCUT2D eigenvalue weighted by atomic mass is 10.2. The quantitative estimate of drug-likeness (QED) is 0.728. The number of nitrogens with one attached hydrogen (secondary N) is 2. The van der Waals surface area contributed by atoms with E-state index in [1.54, 1.807) is 0 Å². The minimum Gasteiger partial charge on any atom is -0.350 e. The van der Waals surface area contributed by atoms with Crippen LogP contribution in [0, 0.1) is 0 Å². The second-order valence-corrected chi connectivity index (χ2v) is 7.53. The molecule has 0 aliphatic carbocycles. The van der Waals surface area contributed by atoms with Crippen molar-refractivity contribution in [2.45, 2.75) is 44.6 Å². The smallest absolute Gasteiger partial charge is 0.251 e. The van der Waals surface area contributed by atoms with Crippen LogP contribution < -0.4 is 10.0 Å². The average Bonchev–Trinajstić information content (AvgIpc) is 3.02. The maximum atomic E-state index is 12.3. The summed E-state index contributed by atoms with van der Waals surface area (Å²) in [5, 5.41) is 6.50. The number of sulfonamides is 1. The van der Waals surface area contributed by atoms with Crippen LogP contribution >= 0.6 is 0 Å². The molecule has 2 aromatic rings. The van der Waals surface area contributed by atoms with E-state index in [2.05, 4.69) is 20.2 Å². The summed E-state index contributed by atoms with van der Waals surface area (Å²) >= 11 is 0. The third-order valence-electron chi connectivity index (χ3n) is 3.30. The fourth-order valence-electron chi connectivity index (χ4n) is 2.04. The molecule has 25 heavy (non-hydrogen) atoms. The van der Waals surface area contributed by atoms with Gasteiger partial charge in [-0.25, -0.2) is 13.1 Å². The molecule has 0 saturated carbocycles. The number of rotatable bonds is 8. The van der Waals surface area contributed by atoms with Crippen LogP contribution in [-0.4, -0.2) is 37.1 Å². The zero-order chi connectivity index (χ0) is 18.4. The van der Waals surface area contributed by atoms with E-state index in [0.29, 0.717) is 30.1 Å². The molecule has 9 heteroatoms. The van der Waals surface area contributed by atoms with Crippen molar-refractivity contribution < 1.29 is 17.7 Å². The molecule has 0 bridgehead atoms. The summed E-state index contributed by atoms with van der Waals surface area (Å²) in [7, 11) is -3.67. The lowest BCUT2D eigenvalue weighted by Gasteiger charge is -2.09. The van der Waals surface area contributed by atoms with Crippen LogP contribution in [0.2, 0.25) is 0 Å². The van der Waals surface area contributed by atoms with Gasteiger partial charge in [-0.3, -0.25) is 4.79 Å². The van der Waals surface area contributed by atoms with Crippen LogP contribution in [0.4, 0.5) is 0 Å². The van der Waals surface area contributed by atoms with E-state index >= 15 is 0 Å². The Morgan fingerprint density at radius 3 is 2.48 bits per heavy atom. The molecule has 2 N–H and O–H groups in total. The van der Waals surface area contributed by atoms with E-state index in [0.717, 1.165) is 0 Å². The highest BCUT2D eigenvalue weighted by atomic mass is 32.2. The van der Waals surface area contributed by atoms with Crippen molar-refractivity contribution in [1.29, 1.82) is 0 Å². The largest absolute Gasteiger partial charge is 0.350 e. The molecule has 0 aliphatic heterocycles. The van der Waals surface area contributed by atoms with Crippen molar-refractivity contribution in [2.24, 2.45) is 0 Å². The Morgan fingerprint density at radius 1 is 1.24 bits per heavy atom. The monoisotopic (exact) mass is 366 g/mol. The zero-order valence-electron chi connectivity index (χ0n) is 14.4. The number of nitrogens with zero attached hydrogens (tertiary/aromatic N) is 2. The van der Waals surface area contributed by atoms with Crippen LogP contribution in [0.15, 0.2) is 33.7 Å². The predicted octanol–water partition coefficient (Wildman–Crippen LogP) is 1.29. The zero-order valence-corrected chi connectivity index (χ0v) is 15.3. The number of hydrogen-bond acceptors (Lipinski definition) is 6. The first-order valence-electron chi connectivity index (χ1n) is 8.04. The molecule has 0 aliphatic rings. The number of carbonyl (C=O) groups is 1. The summed E-state index contributed by atoms with van der Waals surface area (Å²) < 4.78 is 32.0. The second kappa shape index (κ2) is 8.21. The topological polar surface area (TPSA) is 114 Å². The summed E-state index contributed by atoms with van der Waals surface area (Å²) in [6.07, 6.45) is 0.965. The van der Waals surface area contributed by atoms with Gasteiger partial charge in [-0.1, -0.05) is 12.1 Å². The predicted molar refractivity (Wildman–Crippen MR) is 91.6 cm³/mol. The van der Waals surface area contributed by atoms with Crippen LogP contribution in [0.1, 0.15) is 42.8 Å². The fourth-order valence-corrected chi connectivity index (χ4v) is 3.07. The molecule has 0 saturated heterocycles. The summed E-state index contributed by atoms with van der Waals surface area (Å²) in [6.45, 7) is 5.76. The summed E-state index contributed by atoms with van der Waals surface area (Å²) in [5.74, 6) is 0.739. The molecule has 0 spiro atoms. The van der Waals surface area contributed by atoms with Gasteiger partial charge in [0.1, 0.15) is 0 Å². The first-order valence-corrected chi connectivity index (χ1v) is 9.52. The van der Waals surface area contributed by atoms with Crippen molar-refractivity contribution in [2.75, 3.05) is 6.54 Å². The lowest BCUT2D eigenvalue weighted by molar-refractivity contribution is 0.0943. The molecule has 1 aromatic heterocycles. The number of aryl methyl sites for hydroxylation is 1. The highest BCUT2D eigenvalue weighted by Gasteiger charge is 2.15. The molecule has 0 atom stereocenters. The molecular weight excluding hydrogens is 344 g/mol. The fraction of sp³-hybridized carbons (Fsp3) is 0.438. The lowest BCUT2D eigenvalue weighted by Crippen LogP contribution is -2.30. The van der Waals surface area contributed by atoms with Crippen LogP contribution in [0.25, 0.3) is 0 Å². The number of benzene rings is 1. The number of hydrogen-bond donors (Lipinski definition) is 2. The molecule has 1 amide bonds. The SMILES string of the molecule is CCc1noc(CCNS(=O)(=O)c2ccc(C(=O)NC(C)C)cc2)n1. The third-order valence-corrected chi connectivity index (χ3v) is 4.78. The molecule has 1 heterocycles. The minimum absolute atomic E-state index is 0.00972. The highest BCUT2D eigenvalue weighted by Crippen LogP contribution is 2.11. The molecule has 0 radical (unpaired) electrons. The van der Waals surface area contributed by atoms with E-state index in [1.807, 2.05) is 20.8 Å². The molecule has 0 fully saturated rings. The van der Waals surface area contributed by atoms with Crippen LogP contribution in [0.3, 0.4) is 0 Å². The Balaban J connectivity index is 1.95. The maximum Gasteiger partial charge on any atom is 0.251 e. The Kier molecular flexibility index (Phi) is 6.27. The van der Waals surface area contributed by atoms with E-state index < -0.39 is 10.0 Å². The minimum atomic E-state index is -3.67. The Morgan fingerprint density at radius 2 is 1.92 bits per heavy atom. The number of carbonyl (C=O) groups excluding carboxylic acids is 1.